The summed E-state index contributed by atoms with van der Waals surface area (Å²) in [7, 11) is 0. The summed E-state index contributed by atoms with van der Waals surface area (Å²) in [5.41, 5.74) is -0.755. The minimum absolute atomic E-state index is 0.105. The van der Waals surface area contributed by atoms with Crippen LogP contribution in [0.5, 0.6) is 0 Å². The van der Waals surface area contributed by atoms with Crippen molar-refractivity contribution in [1.82, 2.24) is 17.5 Å². The zero-order chi connectivity index (χ0) is 23.1. The molecular weight excluding hydrogens is 436 g/mol. The SMILES string of the molecule is CC(C)(C)OC(=O)Nc1nsnc1C(=O)O.Cc1nsnc1NC(=O)OC(C)(C)C. The van der Waals surface area contributed by atoms with Crippen molar-refractivity contribution < 1.29 is 29.0 Å². The number of ether oxygens (including phenoxy) is 2. The van der Waals surface area contributed by atoms with Crippen LogP contribution in [0.4, 0.5) is 21.2 Å². The topological polar surface area (TPSA) is 166 Å². The summed E-state index contributed by atoms with van der Waals surface area (Å²) >= 11 is 1.76. The number of anilines is 2. The maximum atomic E-state index is 11.3. The Hall–Kier alpha value is -2.87. The Labute approximate surface area is 181 Å². The summed E-state index contributed by atoms with van der Waals surface area (Å²) in [6, 6.07) is 0. The van der Waals surface area contributed by atoms with E-state index >= 15 is 0 Å². The van der Waals surface area contributed by atoms with Crippen molar-refractivity contribution in [2.75, 3.05) is 10.6 Å². The summed E-state index contributed by atoms with van der Waals surface area (Å²) in [5.74, 6) is -0.893. The van der Waals surface area contributed by atoms with Gasteiger partial charge in [-0.2, -0.15) is 17.5 Å². The van der Waals surface area contributed by atoms with Gasteiger partial charge in [0, 0.05) is 0 Å². The highest BCUT2D eigenvalue weighted by atomic mass is 32.1. The number of aryl methyl sites for hydroxylation is 1. The maximum absolute atomic E-state index is 11.3. The van der Waals surface area contributed by atoms with Gasteiger partial charge in [0.05, 0.1) is 29.2 Å². The van der Waals surface area contributed by atoms with E-state index in [0.29, 0.717) is 23.2 Å². The second kappa shape index (κ2) is 10.2. The summed E-state index contributed by atoms with van der Waals surface area (Å²) in [6.45, 7) is 12.3. The standard InChI is InChI=1S/C8H11N3O4S.C8H13N3O2S/c1-8(2,3)15-7(14)9-5-4(6(12)13)10-16-11-5;1-5-6(11-14-10-5)9-7(12)13-8(2,3)4/h1-3H3,(H,12,13)(H,9,11,14);1-4H3,(H,9,11,12). The molecule has 0 fully saturated rings. The molecule has 0 spiro atoms. The molecule has 0 bridgehead atoms. The van der Waals surface area contributed by atoms with E-state index in [2.05, 4.69) is 28.1 Å². The summed E-state index contributed by atoms with van der Waals surface area (Å²) in [4.78, 5) is 33.3. The zero-order valence-electron chi connectivity index (χ0n) is 17.6. The number of carboxylic acid groups (broad SMARTS) is 1. The van der Waals surface area contributed by atoms with Crippen molar-refractivity contribution in [2.45, 2.75) is 59.7 Å². The van der Waals surface area contributed by atoms with Gasteiger partial charge in [-0.05, 0) is 48.5 Å². The molecule has 0 saturated carbocycles. The van der Waals surface area contributed by atoms with Gasteiger partial charge in [0.1, 0.15) is 11.2 Å². The first-order valence-corrected chi connectivity index (χ1v) is 9.99. The van der Waals surface area contributed by atoms with Crippen LogP contribution in [0.2, 0.25) is 0 Å². The lowest BCUT2D eigenvalue weighted by atomic mass is 10.2. The van der Waals surface area contributed by atoms with Gasteiger partial charge in [-0.15, -0.1) is 0 Å². The molecule has 12 nitrogen and oxygen atoms in total. The van der Waals surface area contributed by atoms with Crippen LogP contribution in [0.25, 0.3) is 0 Å². The highest BCUT2D eigenvalue weighted by Crippen LogP contribution is 2.15. The van der Waals surface area contributed by atoms with Crippen LogP contribution in [-0.4, -0.2) is 52.0 Å². The molecule has 0 aliphatic heterocycles. The lowest BCUT2D eigenvalue weighted by Crippen LogP contribution is -2.27. The van der Waals surface area contributed by atoms with Crippen LogP contribution in [0, 0.1) is 6.92 Å². The predicted molar refractivity (Wildman–Crippen MR) is 111 cm³/mol. The second-order valence-corrected chi connectivity index (χ2v) is 8.78. The van der Waals surface area contributed by atoms with E-state index in [1.807, 2.05) is 0 Å². The fourth-order valence-corrected chi connectivity index (χ4v) is 2.57. The Kier molecular flexibility index (Phi) is 8.60. The molecule has 2 aromatic heterocycles. The van der Waals surface area contributed by atoms with E-state index in [4.69, 9.17) is 14.6 Å². The Balaban J connectivity index is 0.000000303. The van der Waals surface area contributed by atoms with Gasteiger partial charge in [0.2, 0.25) is 5.69 Å². The number of amides is 2. The van der Waals surface area contributed by atoms with Crippen molar-refractivity contribution in [3.05, 3.63) is 11.4 Å². The molecule has 0 aliphatic rings. The molecule has 30 heavy (non-hydrogen) atoms. The number of hydrogen-bond acceptors (Lipinski definition) is 11. The van der Waals surface area contributed by atoms with Gasteiger partial charge in [0.25, 0.3) is 0 Å². The molecule has 0 saturated heterocycles. The molecule has 3 N–H and O–H groups in total. The van der Waals surface area contributed by atoms with E-state index in [1.54, 1.807) is 48.5 Å². The number of carboxylic acids is 1. The Morgan fingerprint density at radius 1 is 0.800 bits per heavy atom. The van der Waals surface area contributed by atoms with Gasteiger partial charge in [-0.1, -0.05) is 0 Å². The molecule has 0 unspecified atom stereocenters. The molecule has 2 amide bonds. The van der Waals surface area contributed by atoms with E-state index in [0.717, 1.165) is 11.7 Å². The highest BCUT2D eigenvalue weighted by molar-refractivity contribution is 6.99. The van der Waals surface area contributed by atoms with Crippen LogP contribution in [0.1, 0.15) is 57.7 Å². The minimum atomic E-state index is -1.25. The van der Waals surface area contributed by atoms with E-state index in [1.165, 1.54) is 0 Å². The minimum Gasteiger partial charge on any atom is -0.476 e. The Morgan fingerprint density at radius 2 is 1.23 bits per heavy atom. The molecule has 0 atom stereocenters. The van der Waals surface area contributed by atoms with Crippen LogP contribution in [-0.2, 0) is 9.47 Å². The first-order chi connectivity index (χ1) is 13.7. The predicted octanol–water partition coefficient (Wildman–Crippen LogP) is 3.78. The van der Waals surface area contributed by atoms with Crippen LogP contribution in [0.3, 0.4) is 0 Å². The first kappa shape index (κ1) is 25.2. The summed E-state index contributed by atoms with van der Waals surface area (Å²) in [6.07, 6.45) is -1.27. The van der Waals surface area contributed by atoms with Crippen molar-refractivity contribution in [3.63, 3.8) is 0 Å². The number of nitrogens with one attached hydrogen (secondary N) is 2. The van der Waals surface area contributed by atoms with E-state index in [9.17, 15) is 14.4 Å². The number of aromatic carboxylic acids is 1. The number of rotatable bonds is 3. The third-order valence-electron chi connectivity index (χ3n) is 2.58. The molecule has 14 heteroatoms. The molecule has 2 heterocycles. The smallest absolute Gasteiger partial charge is 0.413 e. The van der Waals surface area contributed by atoms with Crippen LogP contribution >= 0.6 is 23.5 Å². The summed E-state index contributed by atoms with van der Waals surface area (Å²) < 4.78 is 25.0. The second-order valence-electron chi connectivity index (χ2n) is 7.72. The number of carbonyl (C=O) groups is 3. The number of aromatic nitrogens is 4. The molecule has 0 aromatic carbocycles. The molecular formula is C16H24N6O6S2. The van der Waals surface area contributed by atoms with Gasteiger partial charge in [-0.3, -0.25) is 10.6 Å². The monoisotopic (exact) mass is 460 g/mol. The maximum Gasteiger partial charge on any atom is 0.413 e. The average molecular weight is 461 g/mol. The molecule has 0 radical (unpaired) electrons. The fourth-order valence-electron chi connectivity index (χ4n) is 1.56. The molecule has 2 aromatic rings. The first-order valence-electron chi connectivity index (χ1n) is 8.53. The van der Waals surface area contributed by atoms with Gasteiger partial charge < -0.3 is 14.6 Å². The fraction of sp³-hybridized carbons (Fsp3) is 0.562. The molecule has 0 aliphatic carbocycles. The summed E-state index contributed by atoms with van der Waals surface area (Å²) in [5, 5.41) is 13.5. The van der Waals surface area contributed by atoms with Crippen LogP contribution in [0.15, 0.2) is 0 Å². The Morgan fingerprint density at radius 3 is 1.63 bits per heavy atom. The van der Waals surface area contributed by atoms with Gasteiger partial charge in [-0.25, -0.2) is 14.4 Å². The molecule has 166 valence electrons. The van der Waals surface area contributed by atoms with Crippen molar-refractivity contribution >= 4 is 53.2 Å². The molecule has 2 rings (SSSR count). The van der Waals surface area contributed by atoms with E-state index < -0.39 is 29.4 Å². The largest absolute Gasteiger partial charge is 0.476 e. The zero-order valence-corrected chi connectivity index (χ0v) is 19.2. The third kappa shape index (κ3) is 9.56. The van der Waals surface area contributed by atoms with Crippen LogP contribution < -0.4 is 10.6 Å². The number of hydrogen-bond donors (Lipinski definition) is 3. The van der Waals surface area contributed by atoms with Crippen molar-refractivity contribution in [2.24, 2.45) is 0 Å². The lowest BCUT2D eigenvalue weighted by molar-refractivity contribution is 0.0623. The van der Waals surface area contributed by atoms with Crippen molar-refractivity contribution in [3.8, 4) is 0 Å². The number of nitrogens with zero attached hydrogens (tertiary/aromatic N) is 4. The number of carbonyl (C=O) groups excluding carboxylic acids is 2. The van der Waals surface area contributed by atoms with Crippen molar-refractivity contribution in [1.29, 1.82) is 0 Å². The quantitative estimate of drug-likeness (QED) is 0.613. The highest BCUT2D eigenvalue weighted by Gasteiger charge is 2.21. The van der Waals surface area contributed by atoms with E-state index in [-0.39, 0.29) is 11.5 Å². The van der Waals surface area contributed by atoms with Gasteiger partial charge in [0.15, 0.2) is 11.6 Å². The van der Waals surface area contributed by atoms with Gasteiger partial charge >= 0.3 is 18.2 Å². The Bertz CT molecular complexity index is 883. The third-order valence-corrected chi connectivity index (χ3v) is 3.73. The average Bonchev–Trinajstić information content (AvgIpc) is 3.13. The normalized spacial score (nSPS) is 11.0. The lowest BCUT2D eigenvalue weighted by Gasteiger charge is -2.19.